The summed E-state index contributed by atoms with van der Waals surface area (Å²) in [5, 5.41) is 35.6. The van der Waals surface area contributed by atoms with Gasteiger partial charge in [0, 0.05) is 5.92 Å². The molecule has 8 aliphatic rings. The summed E-state index contributed by atoms with van der Waals surface area (Å²) in [4.78, 5) is 55.5. The monoisotopic (exact) mass is 544 g/mol. The van der Waals surface area contributed by atoms with Gasteiger partial charge in [-0.2, -0.15) is 0 Å². The zero-order valence-electron chi connectivity index (χ0n) is 22.0. The van der Waals surface area contributed by atoms with E-state index in [9.17, 15) is 34.5 Å². The fourth-order valence-electron chi connectivity index (χ4n) is 10.6. The Kier molecular flexibility index (Phi) is 4.09. The number of ketones is 2. The maximum atomic E-state index is 14.9. The Labute approximate surface area is 223 Å². The van der Waals surface area contributed by atoms with Crippen molar-refractivity contribution in [3.8, 4) is 0 Å². The molecule has 2 saturated carbocycles. The Morgan fingerprint density at radius 3 is 2.54 bits per heavy atom. The number of fused-ring (bicyclic) bond motifs is 5. The molecule has 0 unspecified atom stereocenters. The Balaban J connectivity index is 1.43. The Morgan fingerprint density at radius 2 is 1.79 bits per heavy atom. The number of aliphatic hydroxyl groups is 3. The molecule has 0 aromatic rings. The van der Waals surface area contributed by atoms with Gasteiger partial charge in [-0.05, 0) is 63.4 Å². The number of esters is 2. The van der Waals surface area contributed by atoms with Gasteiger partial charge in [0.1, 0.15) is 11.7 Å². The number of hydrogen-bond donors (Lipinski definition) is 3. The van der Waals surface area contributed by atoms with Gasteiger partial charge in [0.15, 0.2) is 28.4 Å². The van der Waals surface area contributed by atoms with Gasteiger partial charge in [-0.3, -0.25) is 14.4 Å². The number of hydrogen-bond acceptors (Lipinski definition) is 11. The van der Waals surface area contributed by atoms with E-state index < -0.39 is 98.4 Å². The molecule has 210 valence electrons. The van der Waals surface area contributed by atoms with Gasteiger partial charge < -0.3 is 34.3 Å². The lowest BCUT2D eigenvalue weighted by atomic mass is 9.46. The molecule has 8 rings (SSSR count). The molecule has 5 aliphatic heterocycles. The van der Waals surface area contributed by atoms with Crippen molar-refractivity contribution in [2.24, 2.45) is 34.5 Å². The van der Waals surface area contributed by atoms with E-state index in [1.54, 1.807) is 20.8 Å². The summed E-state index contributed by atoms with van der Waals surface area (Å²) >= 11 is 0. The maximum Gasteiger partial charge on any atom is 0.342 e. The van der Waals surface area contributed by atoms with E-state index in [-0.39, 0.29) is 38.7 Å². The van der Waals surface area contributed by atoms with Crippen LogP contribution in [-0.2, 0) is 38.1 Å². The topological polar surface area (TPSA) is 166 Å². The molecule has 0 aromatic heterocycles. The number of Topliss-reactive ketones (excluding diaryl/α,β-unsaturated/α-hetero) is 1. The number of ether oxygens (including phenoxy) is 4. The van der Waals surface area contributed by atoms with Crippen LogP contribution >= 0.6 is 0 Å². The van der Waals surface area contributed by atoms with Crippen LogP contribution in [0.25, 0.3) is 0 Å². The highest BCUT2D eigenvalue weighted by Gasteiger charge is 2.93. The lowest BCUT2D eigenvalue weighted by Crippen LogP contribution is -2.79. The van der Waals surface area contributed by atoms with Gasteiger partial charge in [0.2, 0.25) is 5.79 Å². The summed E-state index contributed by atoms with van der Waals surface area (Å²) in [6, 6.07) is 0. The SMILES string of the molecule is C[C@@]12C[C@H]3OC(=O)[C@@H]1CO[C@]14O[C@@]5([C@H]2C1=O)[C@@]3(C)OC(=O)[C@@]5(O)CC[C@H]1[C@H]4C[C@@H](O)[C@@]2(O)CC=CC(=O)[C@]12C. The number of aliphatic hydroxyl groups excluding tert-OH is 1. The number of allylic oxidation sites excluding steroid dienone is 1. The van der Waals surface area contributed by atoms with E-state index in [0.29, 0.717) is 0 Å². The van der Waals surface area contributed by atoms with E-state index >= 15 is 0 Å². The molecule has 2 spiro atoms. The number of carbonyl (C=O) groups excluding carboxylic acids is 4. The van der Waals surface area contributed by atoms with Crippen LogP contribution < -0.4 is 0 Å². The molecule has 5 saturated heterocycles. The highest BCUT2D eigenvalue weighted by Crippen LogP contribution is 2.75. The minimum absolute atomic E-state index is 0.0207. The van der Waals surface area contributed by atoms with Crippen LogP contribution in [0.4, 0.5) is 0 Å². The summed E-state index contributed by atoms with van der Waals surface area (Å²) in [5.41, 5.74) is -10.4. The molecule has 5 heterocycles. The molecule has 0 radical (unpaired) electrons. The third kappa shape index (κ3) is 2.10. The van der Waals surface area contributed by atoms with Crippen LogP contribution in [0.5, 0.6) is 0 Å². The van der Waals surface area contributed by atoms with Crippen molar-refractivity contribution in [2.45, 2.75) is 93.3 Å². The second-order valence-electron chi connectivity index (χ2n) is 13.8. The van der Waals surface area contributed by atoms with Gasteiger partial charge in [-0.25, -0.2) is 4.79 Å². The summed E-state index contributed by atoms with van der Waals surface area (Å²) in [6.07, 6.45) is 0.491. The van der Waals surface area contributed by atoms with Crippen molar-refractivity contribution in [3.05, 3.63) is 12.2 Å². The minimum Gasteiger partial charge on any atom is -0.458 e. The molecule has 5 bridgehead atoms. The van der Waals surface area contributed by atoms with E-state index in [2.05, 4.69) is 0 Å². The molecule has 3 aliphatic carbocycles. The lowest BCUT2D eigenvalue weighted by Gasteiger charge is -2.64. The second kappa shape index (κ2) is 6.49. The largest absolute Gasteiger partial charge is 0.458 e. The van der Waals surface area contributed by atoms with Crippen LogP contribution in [0.3, 0.4) is 0 Å². The first-order chi connectivity index (χ1) is 18.2. The van der Waals surface area contributed by atoms with Crippen molar-refractivity contribution in [3.63, 3.8) is 0 Å². The van der Waals surface area contributed by atoms with Crippen LogP contribution in [0.1, 0.15) is 52.9 Å². The maximum absolute atomic E-state index is 14.9. The zero-order valence-corrected chi connectivity index (χ0v) is 22.0. The lowest BCUT2D eigenvalue weighted by molar-refractivity contribution is -0.382. The molecule has 3 N–H and O–H groups in total. The normalized spacial score (nSPS) is 62.0. The van der Waals surface area contributed by atoms with Crippen molar-refractivity contribution in [1.29, 1.82) is 0 Å². The first-order valence-electron chi connectivity index (χ1n) is 13.8. The summed E-state index contributed by atoms with van der Waals surface area (Å²) in [5.74, 6) is -8.35. The van der Waals surface area contributed by atoms with Gasteiger partial charge in [-0.15, -0.1) is 0 Å². The van der Waals surface area contributed by atoms with Crippen LogP contribution in [0.2, 0.25) is 0 Å². The van der Waals surface area contributed by atoms with Crippen LogP contribution in [-0.4, -0.2) is 85.8 Å². The van der Waals surface area contributed by atoms with Crippen molar-refractivity contribution in [1.82, 2.24) is 0 Å². The predicted molar refractivity (Wildman–Crippen MR) is 125 cm³/mol. The average Bonchev–Trinajstić information content (AvgIpc) is 3.19. The van der Waals surface area contributed by atoms with Gasteiger partial charge in [0.05, 0.1) is 30.0 Å². The molecule has 13 atom stereocenters. The first-order valence-corrected chi connectivity index (χ1v) is 13.8. The molecule has 39 heavy (non-hydrogen) atoms. The molecular formula is C28H32O11. The molecule has 11 nitrogen and oxygen atoms in total. The molecule has 0 aromatic carbocycles. The Morgan fingerprint density at radius 1 is 1.05 bits per heavy atom. The van der Waals surface area contributed by atoms with Crippen molar-refractivity contribution in [2.75, 3.05) is 6.61 Å². The first kappa shape index (κ1) is 24.6. The summed E-state index contributed by atoms with van der Waals surface area (Å²) < 4.78 is 24.9. The highest BCUT2D eigenvalue weighted by molar-refractivity contribution is 6.00. The van der Waals surface area contributed by atoms with Gasteiger partial charge in [0.25, 0.3) is 0 Å². The predicted octanol–water partition coefficient (Wildman–Crippen LogP) is -0.277. The second-order valence-corrected chi connectivity index (χ2v) is 13.8. The quantitative estimate of drug-likeness (QED) is 0.344. The standard InChI is InChI=1S/C28H32O11/c1-22-10-17-24(3)28-18(22)19(31)27(39-28,36-11-14(22)20(32)37-17)13-9-16(30)25(34)7-4-5-15(29)23(25,2)12(13)6-8-26(28,35)21(33)38-24/h4-5,12-14,16-18,30,34-35H,6-11H2,1-3H3/t12-,13+,14-,16+,17+,18-,22+,23-,24-,25-,26-,27+,28-/m0/s1. The van der Waals surface area contributed by atoms with Crippen molar-refractivity contribution >= 4 is 23.5 Å². The fraction of sp³-hybridized carbons (Fsp3) is 0.786. The summed E-state index contributed by atoms with van der Waals surface area (Å²) in [7, 11) is 0. The van der Waals surface area contributed by atoms with Crippen molar-refractivity contribution < 1.29 is 53.4 Å². The van der Waals surface area contributed by atoms with Crippen LogP contribution in [0.15, 0.2) is 12.2 Å². The molecule has 0 amide bonds. The smallest absolute Gasteiger partial charge is 0.342 e. The third-order valence-electron chi connectivity index (χ3n) is 12.7. The highest BCUT2D eigenvalue weighted by atomic mass is 16.8. The van der Waals surface area contributed by atoms with E-state index in [0.717, 1.165) is 0 Å². The number of rotatable bonds is 0. The average molecular weight is 545 g/mol. The summed E-state index contributed by atoms with van der Waals surface area (Å²) in [6.45, 7) is 4.69. The third-order valence-corrected chi connectivity index (χ3v) is 12.7. The Hall–Kier alpha value is -2.18. The van der Waals surface area contributed by atoms with E-state index in [1.807, 2.05) is 0 Å². The fourth-order valence-corrected chi connectivity index (χ4v) is 10.6. The number of carbonyl (C=O) groups is 4. The van der Waals surface area contributed by atoms with Crippen LogP contribution in [0, 0.1) is 34.5 Å². The molecule has 11 heteroatoms. The van der Waals surface area contributed by atoms with Gasteiger partial charge in [-0.1, -0.05) is 13.0 Å². The Bertz CT molecular complexity index is 1330. The zero-order chi connectivity index (χ0) is 27.8. The molecular weight excluding hydrogens is 512 g/mol. The minimum atomic E-state index is -2.32. The van der Waals surface area contributed by atoms with Gasteiger partial charge >= 0.3 is 11.9 Å². The van der Waals surface area contributed by atoms with E-state index in [4.69, 9.17) is 18.9 Å². The van der Waals surface area contributed by atoms with E-state index in [1.165, 1.54) is 12.2 Å². The molecule has 7 fully saturated rings.